The molecule has 0 aliphatic carbocycles. The number of aromatic nitrogens is 2. The zero-order chi connectivity index (χ0) is 12.3. The molecule has 17 heavy (non-hydrogen) atoms. The minimum Gasteiger partial charge on any atom is -0.376 e. The van der Waals surface area contributed by atoms with Gasteiger partial charge in [0.05, 0.1) is 30.6 Å². The SMILES string of the molecule is CC(Nc1cnn(CC2CCCO2)c1)C(F)F. The van der Waals surface area contributed by atoms with Gasteiger partial charge in [-0.15, -0.1) is 0 Å². The van der Waals surface area contributed by atoms with Crippen molar-refractivity contribution in [1.82, 2.24) is 9.78 Å². The second-order valence-corrected chi connectivity index (χ2v) is 4.35. The van der Waals surface area contributed by atoms with Gasteiger partial charge in [-0.05, 0) is 19.8 Å². The van der Waals surface area contributed by atoms with Gasteiger partial charge in [-0.1, -0.05) is 0 Å². The third-order valence-electron chi connectivity index (χ3n) is 2.82. The Morgan fingerprint density at radius 2 is 2.47 bits per heavy atom. The zero-order valence-electron chi connectivity index (χ0n) is 9.77. The topological polar surface area (TPSA) is 39.1 Å². The maximum absolute atomic E-state index is 12.3. The summed E-state index contributed by atoms with van der Waals surface area (Å²) in [6.07, 6.45) is 3.25. The summed E-state index contributed by atoms with van der Waals surface area (Å²) < 4.78 is 31.9. The first-order valence-electron chi connectivity index (χ1n) is 5.84. The van der Waals surface area contributed by atoms with E-state index < -0.39 is 12.5 Å². The molecule has 0 bridgehead atoms. The largest absolute Gasteiger partial charge is 0.376 e. The van der Waals surface area contributed by atoms with Crippen molar-refractivity contribution >= 4 is 5.69 Å². The molecular weight excluding hydrogens is 228 g/mol. The van der Waals surface area contributed by atoms with Gasteiger partial charge < -0.3 is 10.1 Å². The molecule has 6 heteroatoms. The summed E-state index contributed by atoms with van der Waals surface area (Å²) in [6, 6.07) is -0.865. The Balaban J connectivity index is 1.86. The molecular formula is C11H17F2N3O. The lowest BCUT2D eigenvalue weighted by molar-refractivity contribution is 0.0940. The van der Waals surface area contributed by atoms with Gasteiger partial charge in [0.2, 0.25) is 0 Å². The van der Waals surface area contributed by atoms with Crippen molar-refractivity contribution in [3.05, 3.63) is 12.4 Å². The van der Waals surface area contributed by atoms with Gasteiger partial charge in [0.25, 0.3) is 6.43 Å². The van der Waals surface area contributed by atoms with Crippen LogP contribution in [-0.2, 0) is 11.3 Å². The van der Waals surface area contributed by atoms with Crippen LogP contribution in [0, 0.1) is 0 Å². The molecule has 1 aliphatic rings. The highest BCUT2D eigenvalue weighted by Crippen LogP contribution is 2.16. The van der Waals surface area contributed by atoms with Crippen LogP contribution in [-0.4, -0.2) is 35.0 Å². The fourth-order valence-corrected chi connectivity index (χ4v) is 1.86. The van der Waals surface area contributed by atoms with Crippen LogP contribution < -0.4 is 5.32 Å². The van der Waals surface area contributed by atoms with E-state index in [2.05, 4.69) is 10.4 Å². The summed E-state index contributed by atoms with van der Waals surface area (Å²) in [6.45, 7) is 2.94. The van der Waals surface area contributed by atoms with Crippen LogP contribution in [0.15, 0.2) is 12.4 Å². The minimum atomic E-state index is -2.38. The normalized spacial score (nSPS) is 22.0. The van der Waals surface area contributed by atoms with Crippen molar-refractivity contribution < 1.29 is 13.5 Å². The molecule has 0 amide bonds. The van der Waals surface area contributed by atoms with Crippen LogP contribution in [0.5, 0.6) is 0 Å². The van der Waals surface area contributed by atoms with E-state index in [1.807, 2.05) is 0 Å². The highest BCUT2D eigenvalue weighted by atomic mass is 19.3. The third kappa shape index (κ3) is 3.39. The molecule has 0 spiro atoms. The summed E-state index contributed by atoms with van der Waals surface area (Å²) >= 11 is 0. The van der Waals surface area contributed by atoms with E-state index in [0.29, 0.717) is 12.2 Å². The number of halogens is 2. The first-order valence-corrected chi connectivity index (χ1v) is 5.84. The van der Waals surface area contributed by atoms with E-state index in [4.69, 9.17) is 4.74 Å². The molecule has 0 aromatic carbocycles. The van der Waals surface area contributed by atoms with Crippen molar-refractivity contribution in [3.8, 4) is 0 Å². The number of nitrogens with zero attached hydrogens (tertiary/aromatic N) is 2. The number of hydrogen-bond acceptors (Lipinski definition) is 3. The van der Waals surface area contributed by atoms with Crippen LogP contribution in [0.2, 0.25) is 0 Å². The molecule has 2 rings (SSSR count). The summed E-state index contributed by atoms with van der Waals surface area (Å²) in [5, 5.41) is 6.83. The van der Waals surface area contributed by atoms with E-state index in [1.54, 1.807) is 17.1 Å². The maximum atomic E-state index is 12.3. The maximum Gasteiger partial charge on any atom is 0.258 e. The van der Waals surface area contributed by atoms with E-state index >= 15 is 0 Å². The molecule has 1 fully saturated rings. The number of anilines is 1. The zero-order valence-corrected chi connectivity index (χ0v) is 9.77. The average molecular weight is 245 g/mol. The molecule has 96 valence electrons. The Bertz CT molecular complexity index is 332. The van der Waals surface area contributed by atoms with Crippen molar-refractivity contribution in [2.24, 2.45) is 0 Å². The highest BCUT2D eigenvalue weighted by Gasteiger charge is 2.17. The van der Waals surface area contributed by atoms with E-state index in [1.165, 1.54) is 6.92 Å². The standard InChI is InChI=1S/C11H17F2N3O/c1-8(11(12)13)15-9-5-14-16(6-9)7-10-3-2-4-17-10/h5-6,8,10-11,15H,2-4,7H2,1H3. The lowest BCUT2D eigenvalue weighted by Crippen LogP contribution is -2.23. The molecule has 1 aliphatic heterocycles. The van der Waals surface area contributed by atoms with Gasteiger partial charge in [-0.2, -0.15) is 5.10 Å². The Hall–Kier alpha value is -1.17. The van der Waals surface area contributed by atoms with Crippen molar-refractivity contribution in [1.29, 1.82) is 0 Å². The molecule has 1 saturated heterocycles. The van der Waals surface area contributed by atoms with Crippen molar-refractivity contribution in [2.45, 2.75) is 44.9 Å². The molecule has 1 aromatic heterocycles. The molecule has 2 unspecified atom stereocenters. The van der Waals surface area contributed by atoms with Crippen molar-refractivity contribution in [2.75, 3.05) is 11.9 Å². The van der Waals surface area contributed by atoms with Crippen LogP contribution in [0.4, 0.5) is 14.5 Å². The van der Waals surface area contributed by atoms with Crippen molar-refractivity contribution in [3.63, 3.8) is 0 Å². The minimum absolute atomic E-state index is 0.204. The summed E-state index contributed by atoms with van der Waals surface area (Å²) in [5.41, 5.74) is 0.621. The van der Waals surface area contributed by atoms with Gasteiger partial charge in [0, 0.05) is 12.8 Å². The van der Waals surface area contributed by atoms with E-state index in [0.717, 1.165) is 19.4 Å². The van der Waals surface area contributed by atoms with E-state index in [-0.39, 0.29) is 6.10 Å². The molecule has 1 aromatic rings. The highest BCUT2D eigenvalue weighted by molar-refractivity contribution is 5.39. The predicted molar refractivity (Wildman–Crippen MR) is 60.3 cm³/mol. The first-order chi connectivity index (χ1) is 8.15. The molecule has 0 radical (unpaired) electrons. The fraction of sp³-hybridized carbons (Fsp3) is 0.727. The van der Waals surface area contributed by atoms with Crippen LogP contribution in [0.1, 0.15) is 19.8 Å². The van der Waals surface area contributed by atoms with Gasteiger partial charge >= 0.3 is 0 Å². The molecule has 2 heterocycles. The number of ether oxygens (including phenoxy) is 1. The predicted octanol–water partition coefficient (Wildman–Crippen LogP) is 2.13. The number of alkyl halides is 2. The monoisotopic (exact) mass is 245 g/mol. The second kappa shape index (κ2) is 5.44. The van der Waals surface area contributed by atoms with Gasteiger partial charge in [-0.25, -0.2) is 8.78 Å². The summed E-state index contributed by atoms with van der Waals surface area (Å²) in [5.74, 6) is 0. The number of nitrogens with one attached hydrogen (secondary N) is 1. The Morgan fingerprint density at radius 3 is 3.12 bits per heavy atom. The fourth-order valence-electron chi connectivity index (χ4n) is 1.86. The summed E-state index contributed by atoms with van der Waals surface area (Å²) in [4.78, 5) is 0. The smallest absolute Gasteiger partial charge is 0.258 e. The number of rotatable bonds is 5. The Kier molecular flexibility index (Phi) is 3.93. The Labute approximate surface area is 98.9 Å². The lowest BCUT2D eigenvalue weighted by atomic mass is 10.2. The molecule has 2 atom stereocenters. The van der Waals surface area contributed by atoms with Crippen LogP contribution >= 0.6 is 0 Å². The number of hydrogen-bond donors (Lipinski definition) is 1. The lowest BCUT2D eigenvalue weighted by Gasteiger charge is -2.12. The van der Waals surface area contributed by atoms with Crippen LogP contribution in [0.25, 0.3) is 0 Å². The van der Waals surface area contributed by atoms with Gasteiger partial charge in [0.15, 0.2) is 0 Å². The molecule has 0 saturated carbocycles. The average Bonchev–Trinajstić information content (AvgIpc) is 2.91. The second-order valence-electron chi connectivity index (χ2n) is 4.35. The van der Waals surface area contributed by atoms with Gasteiger partial charge in [-0.3, -0.25) is 4.68 Å². The first kappa shape index (κ1) is 12.3. The van der Waals surface area contributed by atoms with Gasteiger partial charge in [0.1, 0.15) is 0 Å². The Morgan fingerprint density at radius 1 is 1.65 bits per heavy atom. The van der Waals surface area contributed by atoms with Crippen LogP contribution in [0.3, 0.4) is 0 Å². The quantitative estimate of drug-likeness (QED) is 0.863. The molecule has 4 nitrogen and oxygen atoms in total. The van der Waals surface area contributed by atoms with E-state index in [9.17, 15) is 8.78 Å². The third-order valence-corrected chi connectivity index (χ3v) is 2.82. The summed E-state index contributed by atoms with van der Waals surface area (Å²) in [7, 11) is 0. The molecule has 1 N–H and O–H groups in total.